The topological polar surface area (TPSA) is 89.7 Å². The molecule has 34 heavy (non-hydrogen) atoms. The Morgan fingerprint density at radius 1 is 1.18 bits per heavy atom. The molecule has 7 nitrogen and oxygen atoms in total. The number of carbonyl (C=O) groups excluding carboxylic acids is 1. The van der Waals surface area contributed by atoms with Crippen LogP contribution in [0.2, 0.25) is 0 Å². The first-order chi connectivity index (χ1) is 16.4. The Morgan fingerprint density at radius 3 is 2.65 bits per heavy atom. The molecule has 0 radical (unpaired) electrons. The van der Waals surface area contributed by atoms with Crippen LogP contribution in [-0.2, 0) is 21.2 Å². The second-order valence-corrected chi connectivity index (χ2v) is 11.5. The van der Waals surface area contributed by atoms with Crippen molar-refractivity contribution in [1.82, 2.24) is 4.98 Å². The number of ether oxygens (including phenoxy) is 1. The maximum Gasteiger partial charge on any atom is 0.229 e. The van der Waals surface area contributed by atoms with E-state index < -0.39 is 9.84 Å². The van der Waals surface area contributed by atoms with E-state index in [-0.39, 0.29) is 35.9 Å². The number of anilines is 1. The predicted molar refractivity (Wildman–Crippen MR) is 136 cm³/mol. The lowest BCUT2D eigenvalue weighted by molar-refractivity contribution is -0.118. The van der Waals surface area contributed by atoms with E-state index in [1.165, 1.54) is 30.6 Å². The molecule has 0 aliphatic carbocycles. The Balaban J connectivity index is 1.49. The van der Waals surface area contributed by atoms with E-state index in [0.29, 0.717) is 16.6 Å². The first-order valence-corrected chi connectivity index (χ1v) is 14.2. The fourth-order valence-corrected chi connectivity index (χ4v) is 6.25. The molecule has 178 valence electrons. The molecule has 0 aliphatic rings. The van der Waals surface area contributed by atoms with Gasteiger partial charge in [-0.15, -0.1) is 11.8 Å². The number of thiazole rings is 1. The third kappa shape index (κ3) is 5.63. The van der Waals surface area contributed by atoms with Gasteiger partial charge in [0.05, 0.1) is 40.8 Å². The minimum Gasteiger partial charge on any atom is -0.497 e. The second-order valence-electron chi connectivity index (χ2n) is 7.49. The number of aromatic nitrogens is 1. The Labute approximate surface area is 206 Å². The van der Waals surface area contributed by atoms with Crippen molar-refractivity contribution in [3.63, 3.8) is 0 Å². The number of fused-ring (bicyclic) bond motifs is 1. The number of methoxy groups -OCH3 is 1. The van der Waals surface area contributed by atoms with Crippen molar-refractivity contribution in [3.8, 4) is 5.75 Å². The molecule has 0 aliphatic heterocycles. The molecule has 4 rings (SSSR count). The van der Waals surface area contributed by atoms with Crippen LogP contribution in [0.4, 0.5) is 5.13 Å². The highest BCUT2D eigenvalue weighted by atomic mass is 32.2. The van der Waals surface area contributed by atoms with Gasteiger partial charge in [-0.3, -0.25) is 9.69 Å². The minimum atomic E-state index is -3.51. The first kappa shape index (κ1) is 24.3. The maximum absolute atomic E-state index is 13.2. The van der Waals surface area contributed by atoms with Crippen LogP contribution >= 0.6 is 23.1 Å². The van der Waals surface area contributed by atoms with E-state index in [1.807, 2.05) is 18.4 Å². The number of hydrogen-bond donors (Lipinski definition) is 0. The van der Waals surface area contributed by atoms with E-state index in [2.05, 4.69) is 11.1 Å². The van der Waals surface area contributed by atoms with Crippen molar-refractivity contribution in [2.75, 3.05) is 24.0 Å². The number of nitrogens with zero attached hydrogens (tertiary/aromatic N) is 2. The number of carbonyl (C=O) groups is 1. The third-order valence-electron chi connectivity index (χ3n) is 5.23. The standard InChI is InChI=1S/C24H24N2O5S3/c1-30-17-7-10-20(11-8-17)34(28,29)14-4-6-23(27)26(16-18-5-3-13-31-18)24-25-21-12-9-19(32-2)15-22(21)33-24/h3,5,7-13,15H,4,6,14,16H2,1-2H3. The molecular formula is C24H24N2O5S3. The van der Waals surface area contributed by atoms with Crippen LogP contribution in [0, 0.1) is 0 Å². The molecule has 1 amide bonds. The average molecular weight is 517 g/mol. The van der Waals surface area contributed by atoms with Gasteiger partial charge in [-0.05, 0) is 67.3 Å². The molecule has 2 aromatic carbocycles. The molecule has 0 fully saturated rings. The Bertz CT molecular complexity index is 1360. The lowest BCUT2D eigenvalue weighted by atomic mass is 10.3. The van der Waals surface area contributed by atoms with Crippen molar-refractivity contribution in [1.29, 1.82) is 0 Å². The molecule has 2 heterocycles. The highest BCUT2D eigenvalue weighted by molar-refractivity contribution is 7.98. The zero-order valence-corrected chi connectivity index (χ0v) is 21.2. The zero-order chi connectivity index (χ0) is 24.1. The van der Waals surface area contributed by atoms with E-state index >= 15 is 0 Å². The zero-order valence-electron chi connectivity index (χ0n) is 18.8. The quantitative estimate of drug-likeness (QED) is 0.260. The highest BCUT2D eigenvalue weighted by Gasteiger charge is 2.23. The van der Waals surface area contributed by atoms with Crippen LogP contribution in [-0.4, -0.2) is 38.4 Å². The predicted octanol–water partition coefficient (Wildman–Crippen LogP) is 5.41. The summed E-state index contributed by atoms with van der Waals surface area (Å²) in [5.41, 5.74) is 0.817. The SMILES string of the molecule is COc1ccc(S(=O)(=O)CCCC(=O)N(Cc2ccco2)c2nc3ccc(SC)cc3s2)cc1. The van der Waals surface area contributed by atoms with Crippen LogP contribution in [0.15, 0.2) is 75.1 Å². The summed E-state index contributed by atoms with van der Waals surface area (Å²) < 4.78 is 36.9. The van der Waals surface area contributed by atoms with Crippen molar-refractivity contribution < 1.29 is 22.4 Å². The van der Waals surface area contributed by atoms with Crippen LogP contribution in [0.25, 0.3) is 10.2 Å². The number of benzene rings is 2. The van der Waals surface area contributed by atoms with Crippen LogP contribution in [0.3, 0.4) is 0 Å². The third-order valence-corrected chi connectivity index (χ3v) is 8.82. The Hall–Kier alpha value is -2.82. The Kier molecular flexibility index (Phi) is 7.60. The molecule has 0 saturated carbocycles. The van der Waals surface area contributed by atoms with E-state index in [4.69, 9.17) is 9.15 Å². The molecule has 4 aromatic rings. The molecule has 0 spiro atoms. The number of hydrogen-bond acceptors (Lipinski definition) is 8. The second kappa shape index (κ2) is 10.6. The number of furan rings is 1. The fourth-order valence-electron chi connectivity index (χ4n) is 3.41. The molecule has 0 N–H and O–H groups in total. The summed E-state index contributed by atoms with van der Waals surface area (Å²) in [5, 5.41) is 0.563. The number of rotatable bonds is 10. The minimum absolute atomic E-state index is 0.0715. The lowest BCUT2D eigenvalue weighted by Gasteiger charge is -2.18. The van der Waals surface area contributed by atoms with Gasteiger partial charge < -0.3 is 9.15 Å². The van der Waals surface area contributed by atoms with Crippen LogP contribution in [0.5, 0.6) is 5.75 Å². The summed E-state index contributed by atoms with van der Waals surface area (Å²) in [4.78, 5) is 20.8. The molecule has 10 heteroatoms. The molecule has 0 atom stereocenters. The van der Waals surface area contributed by atoms with Gasteiger partial charge in [-0.1, -0.05) is 11.3 Å². The monoisotopic (exact) mass is 516 g/mol. The summed E-state index contributed by atoms with van der Waals surface area (Å²) in [7, 11) is -1.99. The molecule has 0 unspecified atom stereocenters. The summed E-state index contributed by atoms with van der Waals surface area (Å²) in [6.45, 7) is 0.228. The van der Waals surface area contributed by atoms with Crippen molar-refractivity contribution >= 4 is 54.2 Å². The summed E-state index contributed by atoms with van der Waals surface area (Å²) in [5.74, 6) is 0.883. The van der Waals surface area contributed by atoms with Gasteiger partial charge in [-0.2, -0.15) is 0 Å². The smallest absolute Gasteiger partial charge is 0.229 e. The number of sulfone groups is 1. The lowest BCUT2D eigenvalue weighted by Crippen LogP contribution is -2.30. The van der Waals surface area contributed by atoms with Gasteiger partial charge in [0.15, 0.2) is 15.0 Å². The molecule has 2 aromatic heterocycles. The van der Waals surface area contributed by atoms with Gasteiger partial charge in [0, 0.05) is 11.3 Å². The molecule has 0 bridgehead atoms. The average Bonchev–Trinajstić information content (AvgIpc) is 3.51. The maximum atomic E-state index is 13.2. The normalized spacial score (nSPS) is 11.6. The molecule has 0 saturated heterocycles. The largest absolute Gasteiger partial charge is 0.497 e. The summed E-state index contributed by atoms with van der Waals surface area (Å²) in [6, 6.07) is 15.8. The van der Waals surface area contributed by atoms with E-state index in [1.54, 1.807) is 47.2 Å². The summed E-state index contributed by atoms with van der Waals surface area (Å²) >= 11 is 3.08. The van der Waals surface area contributed by atoms with Gasteiger partial charge in [0.2, 0.25) is 5.91 Å². The van der Waals surface area contributed by atoms with Crippen molar-refractivity contribution in [2.24, 2.45) is 0 Å². The summed E-state index contributed by atoms with van der Waals surface area (Å²) in [6.07, 6.45) is 3.84. The van der Waals surface area contributed by atoms with Gasteiger partial charge >= 0.3 is 0 Å². The van der Waals surface area contributed by atoms with Crippen molar-refractivity contribution in [3.05, 3.63) is 66.6 Å². The number of amides is 1. The molecular weight excluding hydrogens is 492 g/mol. The van der Waals surface area contributed by atoms with Gasteiger partial charge in [-0.25, -0.2) is 13.4 Å². The van der Waals surface area contributed by atoms with Crippen molar-refractivity contribution in [2.45, 2.75) is 29.2 Å². The van der Waals surface area contributed by atoms with Gasteiger partial charge in [0.1, 0.15) is 11.5 Å². The van der Waals surface area contributed by atoms with Crippen LogP contribution in [0.1, 0.15) is 18.6 Å². The Morgan fingerprint density at radius 2 is 1.97 bits per heavy atom. The number of thioether (sulfide) groups is 1. The first-order valence-electron chi connectivity index (χ1n) is 10.5. The van der Waals surface area contributed by atoms with E-state index in [9.17, 15) is 13.2 Å². The van der Waals surface area contributed by atoms with E-state index in [0.717, 1.165) is 15.1 Å². The highest BCUT2D eigenvalue weighted by Crippen LogP contribution is 2.33. The fraction of sp³-hybridized carbons (Fsp3) is 0.250. The van der Waals surface area contributed by atoms with Gasteiger partial charge in [0.25, 0.3) is 0 Å². The van der Waals surface area contributed by atoms with Crippen LogP contribution < -0.4 is 9.64 Å².